The molecule has 1 aromatic carbocycles. The number of benzene rings is 1. The summed E-state index contributed by atoms with van der Waals surface area (Å²) in [5.74, 6) is 2.72. The summed E-state index contributed by atoms with van der Waals surface area (Å²) in [4.78, 5) is 22.2. The van der Waals surface area contributed by atoms with Gasteiger partial charge in [-0.3, -0.25) is 9.79 Å². The first-order chi connectivity index (χ1) is 19.5. The Morgan fingerprint density at radius 3 is 2.67 bits per heavy atom. The summed E-state index contributed by atoms with van der Waals surface area (Å²) in [5, 5.41) is 12.3. The van der Waals surface area contributed by atoms with Gasteiger partial charge in [0.2, 0.25) is 0 Å². The van der Waals surface area contributed by atoms with Gasteiger partial charge in [-0.25, -0.2) is 4.99 Å². The molecule has 1 N–H and O–H groups in total. The number of likely N-dealkylation sites (tertiary alicyclic amines) is 1. The molecule has 4 rings (SSSR count). The van der Waals surface area contributed by atoms with Crippen molar-refractivity contribution < 1.29 is 23.4 Å². The fraction of sp³-hybridized carbons (Fsp3) is 0.267. The number of furan rings is 1. The minimum atomic E-state index is -0.337. The van der Waals surface area contributed by atoms with E-state index in [1.165, 1.54) is 6.34 Å². The number of nitriles is 1. The minimum absolute atomic E-state index is 0.0605. The second kappa shape index (κ2) is 13.2. The molecule has 0 spiro atoms. The summed E-state index contributed by atoms with van der Waals surface area (Å²) in [6, 6.07) is 11.2. The van der Waals surface area contributed by atoms with E-state index in [1.54, 1.807) is 25.4 Å². The van der Waals surface area contributed by atoms with Crippen molar-refractivity contribution in [1.29, 1.82) is 5.26 Å². The zero-order chi connectivity index (χ0) is 28.5. The molecule has 1 aliphatic carbocycles. The highest BCUT2D eigenvalue weighted by Crippen LogP contribution is 2.34. The summed E-state index contributed by atoms with van der Waals surface area (Å²) in [5.41, 5.74) is 2.33. The van der Waals surface area contributed by atoms with Crippen molar-refractivity contribution in [1.82, 2.24) is 4.90 Å². The Morgan fingerprint density at radius 1 is 1.23 bits per heavy atom. The van der Waals surface area contributed by atoms with Gasteiger partial charge in [0.1, 0.15) is 41.4 Å². The Labute approximate surface area is 233 Å². The number of hydrogen-bond acceptors (Lipinski definition) is 8. The second-order valence-corrected chi connectivity index (χ2v) is 9.00. The van der Waals surface area contributed by atoms with Gasteiger partial charge < -0.3 is 28.8 Å². The van der Waals surface area contributed by atoms with Gasteiger partial charge in [-0.05, 0) is 55.6 Å². The third-order valence-electron chi connectivity index (χ3n) is 6.52. The average molecular weight is 542 g/mol. The van der Waals surface area contributed by atoms with Crippen LogP contribution in [-0.4, -0.2) is 57.3 Å². The second-order valence-electron chi connectivity index (χ2n) is 9.00. The first kappa shape index (κ1) is 28.0. The molecule has 2 heterocycles. The molecule has 2 aromatic rings. The largest absolute Gasteiger partial charge is 0.495 e. The van der Waals surface area contributed by atoms with Crippen LogP contribution in [0, 0.1) is 11.3 Å². The van der Waals surface area contributed by atoms with E-state index in [2.05, 4.69) is 28.6 Å². The molecular formula is C30H31N5O5. The first-order valence-corrected chi connectivity index (χ1v) is 12.7. The third kappa shape index (κ3) is 6.50. The molecule has 0 atom stereocenters. The molecule has 206 valence electrons. The molecule has 1 aliphatic heterocycles. The molecule has 0 radical (unpaired) electrons. The molecule has 0 bridgehead atoms. The van der Waals surface area contributed by atoms with Crippen LogP contribution in [0.15, 0.2) is 98.2 Å². The third-order valence-corrected chi connectivity index (χ3v) is 6.52. The van der Waals surface area contributed by atoms with Crippen LogP contribution in [0.2, 0.25) is 0 Å². The van der Waals surface area contributed by atoms with Crippen LogP contribution in [0.3, 0.4) is 0 Å². The Bertz CT molecular complexity index is 1420. The van der Waals surface area contributed by atoms with Crippen molar-refractivity contribution in [2.75, 3.05) is 32.6 Å². The monoisotopic (exact) mass is 541 g/mol. The molecule has 40 heavy (non-hydrogen) atoms. The number of ether oxygens (including phenoxy) is 3. The minimum Gasteiger partial charge on any atom is -0.495 e. The maximum absolute atomic E-state index is 12.3. The van der Waals surface area contributed by atoms with E-state index in [4.69, 9.17) is 23.9 Å². The van der Waals surface area contributed by atoms with Crippen LogP contribution in [0.1, 0.15) is 19.3 Å². The predicted octanol–water partition coefficient (Wildman–Crippen LogP) is 5.21. The average Bonchev–Trinajstić information content (AvgIpc) is 3.54. The van der Waals surface area contributed by atoms with Crippen LogP contribution >= 0.6 is 0 Å². The lowest BCUT2D eigenvalue weighted by molar-refractivity contribution is -0.128. The van der Waals surface area contributed by atoms with E-state index in [1.807, 2.05) is 48.6 Å². The van der Waals surface area contributed by atoms with E-state index in [-0.39, 0.29) is 17.6 Å². The lowest BCUT2D eigenvalue weighted by Gasteiger charge is -2.33. The summed E-state index contributed by atoms with van der Waals surface area (Å²) in [7, 11) is 3.19. The van der Waals surface area contributed by atoms with Crippen LogP contribution < -0.4 is 10.1 Å². The van der Waals surface area contributed by atoms with E-state index in [0.29, 0.717) is 61.1 Å². The Balaban J connectivity index is 1.59. The van der Waals surface area contributed by atoms with Crippen molar-refractivity contribution in [3.8, 4) is 23.1 Å². The van der Waals surface area contributed by atoms with Crippen LogP contribution in [-0.2, 0) is 14.3 Å². The lowest BCUT2D eigenvalue weighted by atomic mass is 10.0. The van der Waals surface area contributed by atoms with Crippen LogP contribution in [0.25, 0.3) is 11.3 Å². The van der Waals surface area contributed by atoms with Gasteiger partial charge in [0, 0.05) is 37.1 Å². The summed E-state index contributed by atoms with van der Waals surface area (Å²) < 4.78 is 23.1. The van der Waals surface area contributed by atoms with Crippen molar-refractivity contribution in [3.05, 3.63) is 83.8 Å². The number of amides is 1. The smallest absolute Gasteiger partial charge is 0.263 e. The quantitative estimate of drug-likeness (QED) is 0.190. The number of aliphatic imine (C=N–C) groups is 2. The maximum Gasteiger partial charge on any atom is 0.263 e. The van der Waals surface area contributed by atoms with E-state index >= 15 is 0 Å². The molecule has 1 fully saturated rings. The molecule has 2 aliphatic rings. The SMILES string of the molecule is C=N/C=N\C(Nc1cc(-c2ccco2)ccc1OC)=C1\C=C(OC2CCN(C(=O)C(=C)C#N)CC2)C(OC)=CC1. The van der Waals surface area contributed by atoms with Gasteiger partial charge in [-0.1, -0.05) is 6.58 Å². The Kier molecular flexibility index (Phi) is 9.20. The highest BCUT2D eigenvalue weighted by Gasteiger charge is 2.27. The zero-order valence-electron chi connectivity index (χ0n) is 22.6. The number of nitrogens with zero attached hydrogens (tertiary/aromatic N) is 4. The number of hydrogen-bond donors (Lipinski definition) is 1. The number of carbonyl (C=O) groups is 1. The van der Waals surface area contributed by atoms with E-state index in [9.17, 15) is 4.79 Å². The standard InChI is InChI=1S/C30H31N5O5/c1-20(18-31)30(36)35-13-11-23(12-14-35)40-28-17-22(8-10-27(28)38-4)29(33-19-32-2)34-24-16-21(7-9-26(24)37-3)25-6-5-15-39-25/h5-7,9-10,15-17,19,23,34H,1-2,8,11-14H2,3-4H3/b29-22-,33-19-. The van der Waals surface area contributed by atoms with E-state index < -0.39 is 0 Å². The zero-order valence-corrected chi connectivity index (χ0v) is 22.6. The highest BCUT2D eigenvalue weighted by atomic mass is 16.5. The van der Waals surface area contributed by atoms with Crippen molar-refractivity contribution in [2.45, 2.75) is 25.4 Å². The Hall–Kier alpha value is -5.04. The number of allylic oxidation sites excluding steroid dienone is 3. The van der Waals surface area contributed by atoms with E-state index in [0.717, 1.165) is 16.9 Å². The summed E-state index contributed by atoms with van der Waals surface area (Å²) in [6.45, 7) is 7.98. The molecule has 1 amide bonds. The normalized spacial score (nSPS) is 16.9. The van der Waals surface area contributed by atoms with Gasteiger partial charge in [0.15, 0.2) is 11.5 Å². The van der Waals surface area contributed by atoms with Crippen molar-refractivity contribution >= 4 is 24.7 Å². The van der Waals surface area contributed by atoms with Gasteiger partial charge in [-0.15, -0.1) is 0 Å². The fourth-order valence-electron chi connectivity index (χ4n) is 4.45. The van der Waals surface area contributed by atoms with Crippen LogP contribution in [0.4, 0.5) is 5.69 Å². The number of anilines is 1. The summed E-state index contributed by atoms with van der Waals surface area (Å²) >= 11 is 0. The van der Waals surface area contributed by atoms with Gasteiger partial charge in [0.25, 0.3) is 5.91 Å². The molecule has 0 saturated carbocycles. The molecular weight excluding hydrogens is 510 g/mol. The highest BCUT2D eigenvalue weighted by molar-refractivity contribution is 5.96. The fourth-order valence-corrected chi connectivity index (χ4v) is 4.45. The molecule has 0 unspecified atom stereocenters. The van der Waals surface area contributed by atoms with Gasteiger partial charge >= 0.3 is 0 Å². The number of nitrogens with one attached hydrogen (secondary N) is 1. The summed E-state index contributed by atoms with van der Waals surface area (Å²) in [6.07, 6.45) is 8.41. The lowest BCUT2D eigenvalue weighted by Crippen LogP contribution is -2.41. The Morgan fingerprint density at radius 2 is 2.02 bits per heavy atom. The predicted molar refractivity (Wildman–Crippen MR) is 153 cm³/mol. The van der Waals surface area contributed by atoms with Crippen LogP contribution in [0.5, 0.6) is 5.75 Å². The number of rotatable bonds is 10. The van der Waals surface area contributed by atoms with Crippen molar-refractivity contribution in [3.63, 3.8) is 0 Å². The number of piperidine rings is 1. The maximum atomic E-state index is 12.3. The first-order valence-electron chi connectivity index (χ1n) is 12.7. The molecule has 10 heteroatoms. The topological polar surface area (TPSA) is 122 Å². The number of carbonyl (C=O) groups excluding carboxylic acids is 1. The van der Waals surface area contributed by atoms with Crippen molar-refractivity contribution in [2.24, 2.45) is 9.98 Å². The molecule has 1 aromatic heterocycles. The number of methoxy groups -OCH3 is 2. The van der Waals surface area contributed by atoms with Gasteiger partial charge in [-0.2, -0.15) is 5.26 Å². The van der Waals surface area contributed by atoms with Gasteiger partial charge in [0.05, 0.1) is 26.2 Å². The molecule has 1 saturated heterocycles. The molecule has 10 nitrogen and oxygen atoms in total.